The SMILES string of the molecule is Oc1cccc(Nc2ccnc(-c3cccc(O)c3)c2)c1. The van der Waals surface area contributed by atoms with E-state index in [1.54, 1.807) is 42.6 Å². The molecule has 3 aromatic rings. The van der Waals surface area contributed by atoms with E-state index in [2.05, 4.69) is 10.3 Å². The van der Waals surface area contributed by atoms with Crippen molar-refractivity contribution in [3.8, 4) is 22.8 Å². The average Bonchev–Trinajstić information content (AvgIpc) is 2.47. The van der Waals surface area contributed by atoms with Crippen molar-refractivity contribution in [2.75, 3.05) is 5.32 Å². The topological polar surface area (TPSA) is 65.4 Å². The van der Waals surface area contributed by atoms with Crippen LogP contribution in [0.3, 0.4) is 0 Å². The van der Waals surface area contributed by atoms with Crippen molar-refractivity contribution in [1.82, 2.24) is 4.98 Å². The van der Waals surface area contributed by atoms with E-state index in [1.165, 1.54) is 0 Å². The molecule has 0 atom stereocenters. The maximum atomic E-state index is 9.54. The Labute approximate surface area is 122 Å². The van der Waals surface area contributed by atoms with Crippen molar-refractivity contribution in [2.24, 2.45) is 0 Å². The number of pyridine rings is 1. The lowest BCUT2D eigenvalue weighted by molar-refractivity contribution is 0.475. The van der Waals surface area contributed by atoms with Gasteiger partial charge in [0.15, 0.2) is 0 Å². The van der Waals surface area contributed by atoms with Crippen LogP contribution in [0.5, 0.6) is 11.5 Å². The minimum absolute atomic E-state index is 0.209. The van der Waals surface area contributed by atoms with E-state index in [9.17, 15) is 10.2 Å². The molecule has 1 aromatic heterocycles. The largest absolute Gasteiger partial charge is 0.508 e. The van der Waals surface area contributed by atoms with Crippen molar-refractivity contribution in [3.63, 3.8) is 0 Å². The minimum Gasteiger partial charge on any atom is -0.508 e. The number of phenolic OH excluding ortho intramolecular Hbond substituents is 2. The lowest BCUT2D eigenvalue weighted by atomic mass is 10.1. The minimum atomic E-state index is 0.209. The van der Waals surface area contributed by atoms with Crippen molar-refractivity contribution >= 4 is 11.4 Å². The molecule has 4 nitrogen and oxygen atoms in total. The molecule has 0 fully saturated rings. The van der Waals surface area contributed by atoms with Gasteiger partial charge in [-0.2, -0.15) is 0 Å². The van der Waals surface area contributed by atoms with Crippen LogP contribution in [0, 0.1) is 0 Å². The van der Waals surface area contributed by atoms with Gasteiger partial charge in [0.2, 0.25) is 0 Å². The Kier molecular flexibility index (Phi) is 3.43. The third kappa shape index (κ3) is 3.12. The fourth-order valence-corrected chi connectivity index (χ4v) is 2.08. The first-order valence-corrected chi connectivity index (χ1v) is 6.52. The van der Waals surface area contributed by atoms with Crippen LogP contribution in [0.2, 0.25) is 0 Å². The monoisotopic (exact) mass is 278 g/mol. The Morgan fingerprint density at radius 1 is 0.762 bits per heavy atom. The highest BCUT2D eigenvalue weighted by Crippen LogP contribution is 2.25. The van der Waals surface area contributed by atoms with E-state index in [4.69, 9.17) is 0 Å². The smallest absolute Gasteiger partial charge is 0.117 e. The van der Waals surface area contributed by atoms with Gasteiger partial charge in [-0.25, -0.2) is 0 Å². The first-order chi connectivity index (χ1) is 10.2. The molecule has 0 amide bonds. The highest BCUT2D eigenvalue weighted by atomic mass is 16.3. The molecule has 0 radical (unpaired) electrons. The first kappa shape index (κ1) is 13.0. The molecule has 1 heterocycles. The van der Waals surface area contributed by atoms with E-state index >= 15 is 0 Å². The zero-order valence-corrected chi connectivity index (χ0v) is 11.2. The molecule has 0 aliphatic carbocycles. The molecule has 0 spiro atoms. The standard InChI is InChI=1S/C17H14N2O2/c20-15-5-1-3-12(9-15)17-11-14(7-8-18-17)19-13-4-2-6-16(21)10-13/h1-11,20-21H,(H,18,19). The van der Waals surface area contributed by atoms with Crippen molar-refractivity contribution in [2.45, 2.75) is 0 Å². The number of phenols is 2. The second kappa shape index (κ2) is 5.54. The molecule has 0 bridgehead atoms. The predicted molar refractivity (Wildman–Crippen MR) is 82.7 cm³/mol. The van der Waals surface area contributed by atoms with Crippen LogP contribution in [-0.2, 0) is 0 Å². The van der Waals surface area contributed by atoms with Gasteiger partial charge < -0.3 is 15.5 Å². The van der Waals surface area contributed by atoms with Gasteiger partial charge in [0, 0.05) is 29.2 Å². The molecule has 21 heavy (non-hydrogen) atoms. The number of nitrogens with one attached hydrogen (secondary N) is 1. The summed E-state index contributed by atoms with van der Waals surface area (Å²) >= 11 is 0. The molecular weight excluding hydrogens is 264 g/mol. The van der Waals surface area contributed by atoms with Crippen LogP contribution in [0.4, 0.5) is 11.4 Å². The van der Waals surface area contributed by atoms with Gasteiger partial charge in [-0.1, -0.05) is 18.2 Å². The number of rotatable bonds is 3. The highest BCUT2D eigenvalue weighted by Gasteiger charge is 2.02. The molecule has 0 aliphatic rings. The Balaban J connectivity index is 1.90. The summed E-state index contributed by atoms with van der Waals surface area (Å²) in [6, 6.07) is 17.6. The highest BCUT2D eigenvalue weighted by molar-refractivity contribution is 5.68. The quantitative estimate of drug-likeness (QED) is 0.679. The summed E-state index contributed by atoms with van der Waals surface area (Å²) in [6.45, 7) is 0. The third-order valence-corrected chi connectivity index (χ3v) is 3.04. The zero-order valence-electron chi connectivity index (χ0n) is 11.2. The lowest BCUT2D eigenvalue weighted by Gasteiger charge is -2.08. The van der Waals surface area contributed by atoms with Crippen LogP contribution in [0.1, 0.15) is 0 Å². The van der Waals surface area contributed by atoms with Gasteiger partial charge in [-0.3, -0.25) is 4.98 Å². The number of aromatic nitrogens is 1. The zero-order chi connectivity index (χ0) is 14.7. The van der Waals surface area contributed by atoms with E-state index in [-0.39, 0.29) is 11.5 Å². The number of aromatic hydroxyl groups is 2. The molecule has 4 heteroatoms. The van der Waals surface area contributed by atoms with E-state index in [1.807, 2.05) is 24.3 Å². The average molecular weight is 278 g/mol. The van der Waals surface area contributed by atoms with Gasteiger partial charge in [-0.15, -0.1) is 0 Å². The second-order valence-corrected chi connectivity index (χ2v) is 4.66. The van der Waals surface area contributed by atoms with Crippen LogP contribution in [0.15, 0.2) is 66.9 Å². The van der Waals surface area contributed by atoms with Gasteiger partial charge in [-0.05, 0) is 36.4 Å². The second-order valence-electron chi connectivity index (χ2n) is 4.66. The Morgan fingerprint density at radius 3 is 2.24 bits per heavy atom. The van der Waals surface area contributed by atoms with Crippen molar-refractivity contribution < 1.29 is 10.2 Å². The summed E-state index contributed by atoms with van der Waals surface area (Å²) in [5, 5.41) is 22.2. The fourth-order valence-electron chi connectivity index (χ4n) is 2.08. The van der Waals surface area contributed by atoms with Crippen molar-refractivity contribution in [3.05, 3.63) is 66.9 Å². The van der Waals surface area contributed by atoms with Crippen molar-refractivity contribution in [1.29, 1.82) is 0 Å². The fraction of sp³-hybridized carbons (Fsp3) is 0. The maximum absolute atomic E-state index is 9.54. The van der Waals surface area contributed by atoms with Crippen LogP contribution in [0.25, 0.3) is 11.3 Å². The lowest BCUT2D eigenvalue weighted by Crippen LogP contribution is -1.92. The first-order valence-electron chi connectivity index (χ1n) is 6.52. The van der Waals surface area contributed by atoms with E-state index < -0.39 is 0 Å². The Morgan fingerprint density at radius 2 is 1.48 bits per heavy atom. The molecule has 104 valence electrons. The Hall–Kier alpha value is -3.01. The van der Waals surface area contributed by atoms with Gasteiger partial charge in [0.25, 0.3) is 0 Å². The summed E-state index contributed by atoms with van der Waals surface area (Å²) < 4.78 is 0. The summed E-state index contributed by atoms with van der Waals surface area (Å²) in [7, 11) is 0. The summed E-state index contributed by atoms with van der Waals surface area (Å²) in [6.07, 6.45) is 1.70. The summed E-state index contributed by atoms with van der Waals surface area (Å²) in [4.78, 5) is 4.31. The van der Waals surface area contributed by atoms with E-state index in [0.29, 0.717) is 0 Å². The number of benzene rings is 2. The predicted octanol–water partition coefficient (Wildman–Crippen LogP) is 3.90. The van der Waals surface area contributed by atoms with Gasteiger partial charge in [0.05, 0.1) is 5.69 Å². The third-order valence-electron chi connectivity index (χ3n) is 3.04. The summed E-state index contributed by atoms with van der Waals surface area (Å²) in [5.74, 6) is 0.419. The number of nitrogens with zero attached hydrogens (tertiary/aromatic N) is 1. The van der Waals surface area contributed by atoms with Crippen LogP contribution in [-0.4, -0.2) is 15.2 Å². The molecule has 0 saturated heterocycles. The molecule has 3 rings (SSSR count). The number of hydrogen-bond donors (Lipinski definition) is 3. The van der Waals surface area contributed by atoms with Gasteiger partial charge in [0.1, 0.15) is 11.5 Å². The van der Waals surface area contributed by atoms with Crippen LogP contribution < -0.4 is 5.32 Å². The van der Waals surface area contributed by atoms with Gasteiger partial charge >= 0.3 is 0 Å². The molecular formula is C17H14N2O2. The Bertz CT molecular complexity index is 772. The van der Waals surface area contributed by atoms with Crippen LogP contribution >= 0.6 is 0 Å². The molecule has 3 N–H and O–H groups in total. The maximum Gasteiger partial charge on any atom is 0.117 e. The number of hydrogen-bond acceptors (Lipinski definition) is 4. The molecule has 2 aromatic carbocycles. The normalized spacial score (nSPS) is 10.3. The molecule has 0 unspecified atom stereocenters. The molecule has 0 aliphatic heterocycles. The number of anilines is 2. The molecule has 0 saturated carbocycles. The van der Waals surface area contributed by atoms with E-state index in [0.717, 1.165) is 22.6 Å². The summed E-state index contributed by atoms with van der Waals surface area (Å²) in [5.41, 5.74) is 3.25.